The highest BCUT2D eigenvalue weighted by molar-refractivity contribution is 5.33. The quantitative estimate of drug-likeness (QED) is 0.896. The van der Waals surface area contributed by atoms with Crippen LogP contribution in [0.2, 0.25) is 0 Å². The molecule has 1 heterocycles. The van der Waals surface area contributed by atoms with Crippen molar-refractivity contribution < 1.29 is 4.74 Å². The van der Waals surface area contributed by atoms with Gasteiger partial charge in [-0.2, -0.15) is 0 Å². The Morgan fingerprint density at radius 2 is 2.06 bits per heavy atom. The molecule has 0 radical (unpaired) electrons. The number of aromatic nitrogens is 1. The van der Waals surface area contributed by atoms with E-state index in [4.69, 9.17) is 10.5 Å². The van der Waals surface area contributed by atoms with Crippen molar-refractivity contribution in [3.63, 3.8) is 0 Å². The van der Waals surface area contributed by atoms with Crippen LogP contribution in [0, 0.1) is 6.92 Å². The zero-order chi connectivity index (χ0) is 13.0. The van der Waals surface area contributed by atoms with Gasteiger partial charge in [0.2, 0.25) is 0 Å². The van der Waals surface area contributed by atoms with Crippen LogP contribution in [0.3, 0.4) is 0 Å². The number of nitrogens with zero attached hydrogens (tertiary/aromatic N) is 1. The first-order valence-electron chi connectivity index (χ1n) is 6.08. The average Bonchev–Trinajstić information content (AvgIpc) is 2.32. The maximum Gasteiger partial charge on any atom is 0.145 e. The summed E-state index contributed by atoms with van der Waals surface area (Å²) in [5, 5.41) is 0. The summed E-state index contributed by atoms with van der Waals surface area (Å²) in [7, 11) is 0. The van der Waals surface area contributed by atoms with Crippen LogP contribution in [-0.4, -0.2) is 11.0 Å². The van der Waals surface area contributed by atoms with Gasteiger partial charge in [-0.3, -0.25) is 4.98 Å². The molecular formula is C15H18N2O. The third-order valence-corrected chi connectivity index (χ3v) is 2.58. The van der Waals surface area contributed by atoms with Crippen molar-refractivity contribution in [3.8, 4) is 11.5 Å². The second kappa shape index (κ2) is 5.65. The summed E-state index contributed by atoms with van der Waals surface area (Å²) in [6.07, 6.45) is 2.58. The van der Waals surface area contributed by atoms with Gasteiger partial charge in [-0.25, -0.2) is 0 Å². The number of benzene rings is 1. The molecule has 0 aliphatic heterocycles. The summed E-state index contributed by atoms with van der Waals surface area (Å²) in [6, 6.07) is 12.0. The van der Waals surface area contributed by atoms with E-state index >= 15 is 0 Å². The van der Waals surface area contributed by atoms with Gasteiger partial charge >= 0.3 is 0 Å². The molecule has 0 aliphatic rings. The van der Waals surface area contributed by atoms with Crippen LogP contribution in [0.1, 0.15) is 18.2 Å². The maximum atomic E-state index is 5.79. The van der Waals surface area contributed by atoms with Gasteiger partial charge in [0.15, 0.2) is 0 Å². The first-order valence-corrected chi connectivity index (χ1v) is 6.08. The summed E-state index contributed by atoms with van der Waals surface area (Å²) in [6.45, 7) is 3.95. The fourth-order valence-electron chi connectivity index (χ4n) is 1.76. The molecule has 2 N–H and O–H groups in total. The summed E-state index contributed by atoms with van der Waals surface area (Å²) in [5.41, 5.74) is 7.96. The SMILES string of the molecule is Cc1ccc(Oc2cccc(CC(C)N)c2)cn1. The van der Waals surface area contributed by atoms with Gasteiger partial charge < -0.3 is 10.5 Å². The Morgan fingerprint density at radius 1 is 1.22 bits per heavy atom. The van der Waals surface area contributed by atoms with Gasteiger partial charge in [0, 0.05) is 11.7 Å². The maximum absolute atomic E-state index is 5.79. The summed E-state index contributed by atoms with van der Waals surface area (Å²) >= 11 is 0. The molecule has 0 spiro atoms. The minimum absolute atomic E-state index is 0.154. The third kappa shape index (κ3) is 3.57. The first-order chi connectivity index (χ1) is 8.63. The van der Waals surface area contributed by atoms with Gasteiger partial charge in [0.1, 0.15) is 11.5 Å². The third-order valence-electron chi connectivity index (χ3n) is 2.58. The van der Waals surface area contributed by atoms with Gasteiger partial charge in [0.05, 0.1) is 6.20 Å². The molecule has 3 heteroatoms. The highest BCUT2D eigenvalue weighted by Gasteiger charge is 2.01. The van der Waals surface area contributed by atoms with Crippen molar-refractivity contribution >= 4 is 0 Å². The Hall–Kier alpha value is -1.87. The van der Waals surface area contributed by atoms with Crippen molar-refractivity contribution in [2.75, 3.05) is 0 Å². The minimum Gasteiger partial charge on any atom is -0.456 e. The number of aryl methyl sites for hydroxylation is 1. The lowest BCUT2D eigenvalue weighted by Gasteiger charge is -2.09. The topological polar surface area (TPSA) is 48.1 Å². The van der Waals surface area contributed by atoms with Gasteiger partial charge in [-0.05, 0) is 50.1 Å². The molecule has 0 bridgehead atoms. The normalized spacial score (nSPS) is 12.2. The van der Waals surface area contributed by atoms with E-state index in [0.717, 1.165) is 23.6 Å². The van der Waals surface area contributed by atoms with Crippen LogP contribution >= 0.6 is 0 Å². The number of rotatable bonds is 4. The molecule has 2 aromatic rings. The molecule has 1 unspecified atom stereocenters. The summed E-state index contributed by atoms with van der Waals surface area (Å²) in [4.78, 5) is 4.20. The molecule has 0 fully saturated rings. The molecule has 1 aromatic carbocycles. The van der Waals surface area contributed by atoms with Gasteiger partial charge in [0.25, 0.3) is 0 Å². The van der Waals surface area contributed by atoms with E-state index in [1.165, 1.54) is 5.56 Å². The monoisotopic (exact) mass is 242 g/mol. The van der Waals surface area contributed by atoms with E-state index in [1.54, 1.807) is 6.20 Å². The smallest absolute Gasteiger partial charge is 0.145 e. The molecule has 1 aromatic heterocycles. The molecule has 0 amide bonds. The van der Waals surface area contributed by atoms with Crippen molar-refractivity contribution in [2.45, 2.75) is 26.3 Å². The van der Waals surface area contributed by atoms with Crippen LogP contribution < -0.4 is 10.5 Å². The molecule has 94 valence electrons. The standard InChI is InChI=1S/C15H18N2O/c1-11(16)8-13-4-3-5-14(9-13)18-15-7-6-12(2)17-10-15/h3-7,9-11H,8,16H2,1-2H3. The van der Waals surface area contributed by atoms with E-state index < -0.39 is 0 Å². The van der Waals surface area contributed by atoms with Crippen LogP contribution in [-0.2, 0) is 6.42 Å². The Labute approximate surface area is 108 Å². The van der Waals surface area contributed by atoms with Crippen LogP contribution in [0.25, 0.3) is 0 Å². The molecular weight excluding hydrogens is 224 g/mol. The molecule has 0 saturated carbocycles. The second-order valence-corrected chi connectivity index (χ2v) is 4.57. The summed E-state index contributed by atoms with van der Waals surface area (Å²) < 4.78 is 5.75. The van der Waals surface area contributed by atoms with E-state index in [9.17, 15) is 0 Å². The zero-order valence-electron chi connectivity index (χ0n) is 10.8. The number of ether oxygens (including phenoxy) is 1. The van der Waals surface area contributed by atoms with Crippen molar-refractivity contribution in [1.29, 1.82) is 0 Å². The van der Waals surface area contributed by atoms with Gasteiger partial charge in [-0.1, -0.05) is 12.1 Å². The summed E-state index contributed by atoms with van der Waals surface area (Å²) in [5.74, 6) is 1.57. The van der Waals surface area contributed by atoms with Crippen LogP contribution in [0.15, 0.2) is 42.6 Å². The van der Waals surface area contributed by atoms with Crippen molar-refractivity contribution in [1.82, 2.24) is 4.98 Å². The Morgan fingerprint density at radius 3 is 2.72 bits per heavy atom. The fraction of sp³-hybridized carbons (Fsp3) is 0.267. The number of hydrogen-bond donors (Lipinski definition) is 1. The lowest BCUT2D eigenvalue weighted by atomic mass is 10.1. The Kier molecular flexibility index (Phi) is 3.95. The molecule has 3 nitrogen and oxygen atoms in total. The number of pyridine rings is 1. The predicted octanol–water partition coefficient (Wildman–Crippen LogP) is 3.07. The minimum atomic E-state index is 0.154. The lowest BCUT2D eigenvalue weighted by molar-refractivity contribution is 0.479. The largest absolute Gasteiger partial charge is 0.456 e. The zero-order valence-corrected chi connectivity index (χ0v) is 10.8. The molecule has 18 heavy (non-hydrogen) atoms. The second-order valence-electron chi connectivity index (χ2n) is 4.57. The first kappa shape index (κ1) is 12.6. The van der Waals surface area contributed by atoms with E-state index in [0.29, 0.717) is 0 Å². The lowest BCUT2D eigenvalue weighted by Crippen LogP contribution is -2.17. The van der Waals surface area contributed by atoms with E-state index in [2.05, 4.69) is 11.1 Å². The van der Waals surface area contributed by atoms with Gasteiger partial charge in [-0.15, -0.1) is 0 Å². The Balaban J connectivity index is 2.11. The predicted molar refractivity (Wildman–Crippen MR) is 72.8 cm³/mol. The molecule has 0 aliphatic carbocycles. The fourth-order valence-corrected chi connectivity index (χ4v) is 1.76. The highest BCUT2D eigenvalue weighted by atomic mass is 16.5. The Bertz CT molecular complexity index is 506. The molecule has 2 rings (SSSR count). The van der Waals surface area contributed by atoms with Crippen molar-refractivity contribution in [3.05, 3.63) is 53.9 Å². The van der Waals surface area contributed by atoms with E-state index in [-0.39, 0.29) is 6.04 Å². The number of hydrogen-bond acceptors (Lipinski definition) is 3. The highest BCUT2D eigenvalue weighted by Crippen LogP contribution is 2.22. The molecule has 0 saturated heterocycles. The number of nitrogens with two attached hydrogens (primary N) is 1. The average molecular weight is 242 g/mol. The molecule has 1 atom stereocenters. The van der Waals surface area contributed by atoms with Crippen LogP contribution in [0.5, 0.6) is 11.5 Å². The van der Waals surface area contributed by atoms with Crippen LogP contribution in [0.4, 0.5) is 0 Å². The van der Waals surface area contributed by atoms with E-state index in [1.807, 2.05) is 44.2 Å². The van der Waals surface area contributed by atoms with Crippen molar-refractivity contribution in [2.24, 2.45) is 5.73 Å².